The SMILES string of the molecule is CC(=O)CN=C1CCC/C1=C(/N)C(=O)N1CC2CCC1CC2.CCCC.CCCCC(C)CC.Cc1cccc(C)c1C. The minimum absolute atomic E-state index is 0.0122. The number of hydrogen-bond acceptors (Lipinski definition) is 4. The van der Waals surface area contributed by atoms with Crippen molar-refractivity contribution in [2.75, 3.05) is 13.1 Å². The number of aliphatic imine (C=N–C) groups is 1. The maximum atomic E-state index is 12.8. The molecule has 2 bridgehead atoms. The van der Waals surface area contributed by atoms with Gasteiger partial charge in [0.25, 0.3) is 5.91 Å². The number of carbonyl (C=O) groups excluding carboxylic acids is 2. The predicted molar refractivity (Wildman–Crippen MR) is 186 cm³/mol. The highest BCUT2D eigenvalue weighted by molar-refractivity contribution is 6.09. The number of fused-ring (bicyclic) bond motifs is 3. The smallest absolute Gasteiger partial charge is 0.270 e. The number of rotatable bonds is 8. The topological polar surface area (TPSA) is 75.8 Å². The van der Waals surface area contributed by atoms with Crippen LogP contribution in [0.2, 0.25) is 0 Å². The van der Waals surface area contributed by atoms with Crippen molar-refractivity contribution in [3.8, 4) is 0 Å². The van der Waals surface area contributed by atoms with E-state index < -0.39 is 0 Å². The van der Waals surface area contributed by atoms with Crippen LogP contribution in [0.4, 0.5) is 0 Å². The van der Waals surface area contributed by atoms with E-state index in [1.54, 1.807) is 0 Å². The Morgan fingerprint density at radius 2 is 1.56 bits per heavy atom. The number of unbranched alkanes of at least 4 members (excludes halogenated alkanes) is 2. The average molecular weight is 596 g/mol. The summed E-state index contributed by atoms with van der Waals surface area (Å²) in [6.45, 7) is 20.2. The fourth-order valence-corrected chi connectivity index (χ4v) is 5.65. The highest BCUT2D eigenvalue weighted by Crippen LogP contribution is 2.36. The summed E-state index contributed by atoms with van der Waals surface area (Å²) in [5.41, 5.74) is 12.5. The predicted octanol–water partition coefficient (Wildman–Crippen LogP) is 9.46. The van der Waals surface area contributed by atoms with E-state index in [-0.39, 0.29) is 18.2 Å². The zero-order chi connectivity index (χ0) is 32.4. The van der Waals surface area contributed by atoms with Crippen LogP contribution in [-0.2, 0) is 9.59 Å². The van der Waals surface area contributed by atoms with E-state index in [4.69, 9.17) is 5.73 Å². The summed E-state index contributed by atoms with van der Waals surface area (Å²) in [5.74, 6) is 1.63. The Morgan fingerprint density at radius 3 is 2.00 bits per heavy atom. The summed E-state index contributed by atoms with van der Waals surface area (Å²) in [6.07, 6.45) is 15.5. The molecule has 43 heavy (non-hydrogen) atoms. The normalized spacial score (nSPS) is 21.5. The number of ketones is 1. The van der Waals surface area contributed by atoms with Gasteiger partial charge in [0, 0.05) is 23.9 Å². The van der Waals surface area contributed by atoms with E-state index >= 15 is 0 Å². The molecule has 1 unspecified atom stereocenters. The van der Waals surface area contributed by atoms with Crippen LogP contribution in [0.5, 0.6) is 0 Å². The second kappa shape index (κ2) is 21.3. The summed E-state index contributed by atoms with van der Waals surface area (Å²) >= 11 is 0. The van der Waals surface area contributed by atoms with E-state index in [1.165, 1.54) is 75.0 Å². The van der Waals surface area contributed by atoms with E-state index in [0.717, 1.165) is 55.9 Å². The molecule has 1 atom stereocenters. The maximum absolute atomic E-state index is 12.8. The molecular formula is C38H65N3O2. The number of nitrogens with two attached hydrogens (primary N) is 1. The van der Waals surface area contributed by atoms with Crippen LogP contribution >= 0.6 is 0 Å². The van der Waals surface area contributed by atoms with Gasteiger partial charge in [-0.15, -0.1) is 0 Å². The lowest BCUT2D eigenvalue weighted by atomic mass is 9.80. The van der Waals surface area contributed by atoms with Crippen molar-refractivity contribution in [2.45, 2.75) is 152 Å². The molecule has 2 aliphatic heterocycles. The van der Waals surface area contributed by atoms with Crippen LogP contribution in [-0.4, -0.2) is 41.4 Å². The zero-order valence-corrected chi connectivity index (χ0v) is 29.4. The molecule has 1 aromatic carbocycles. The van der Waals surface area contributed by atoms with Gasteiger partial charge in [-0.1, -0.05) is 91.3 Å². The number of amides is 1. The van der Waals surface area contributed by atoms with Crippen molar-refractivity contribution in [2.24, 2.45) is 22.6 Å². The second-order valence-corrected chi connectivity index (χ2v) is 13.0. The number of aryl methyl sites for hydroxylation is 2. The van der Waals surface area contributed by atoms with Gasteiger partial charge < -0.3 is 10.6 Å². The molecule has 0 aromatic heterocycles. The molecule has 4 fully saturated rings. The molecular weight excluding hydrogens is 530 g/mol. The average Bonchev–Trinajstić information content (AvgIpc) is 3.50. The van der Waals surface area contributed by atoms with Crippen molar-refractivity contribution in [1.29, 1.82) is 0 Å². The van der Waals surface area contributed by atoms with E-state index in [9.17, 15) is 9.59 Å². The highest BCUT2D eigenvalue weighted by atomic mass is 16.2. The van der Waals surface area contributed by atoms with Gasteiger partial charge in [-0.25, -0.2) is 0 Å². The number of benzene rings is 1. The standard InChI is InChI=1S/C17H25N3O2.C9H12.C8H18.C4H10/c1-11(21)9-19-15-4-2-3-14(15)16(18)17(22)20-10-12-5-7-13(20)8-6-12;1-7-5-4-6-8(2)9(7)3;1-4-6-7-8(3)5-2;1-3-4-2/h12-13H,2-10,18H2,1H3;4-6H,1-3H3;8H,4-7H2,1-3H3;3-4H2,1-2H3/b16-14-,19-15?;;;. The van der Waals surface area contributed by atoms with Crippen LogP contribution in [0.15, 0.2) is 34.5 Å². The van der Waals surface area contributed by atoms with Crippen LogP contribution < -0.4 is 5.73 Å². The molecule has 2 N–H and O–H groups in total. The summed E-state index contributed by atoms with van der Waals surface area (Å²) < 4.78 is 0. The molecule has 5 nitrogen and oxygen atoms in total. The lowest BCUT2D eigenvalue weighted by Crippen LogP contribution is -2.52. The summed E-state index contributed by atoms with van der Waals surface area (Å²) in [7, 11) is 0. The van der Waals surface area contributed by atoms with Crippen molar-refractivity contribution in [3.63, 3.8) is 0 Å². The number of hydrogen-bond donors (Lipinski definition) is 1. The Labute approximate surface area is 265 Å². The largest absolute Gasteiger partial charge is 0.394 e. The molecule has 5 heteroatoms. The first-order valence-corrected chi connectivity index (χ1v) is 17.4. The third kappa shape index (κ3) is 13.8. The second-order valence-electron chi connectivity index (χ2n) is 13.0. The van der Waals surface area contributed by atoms with Crippen LogP contribution in [0.3, 0.4) is 0 Å². The van der Waals surface area contributed by atoms with Gasteiger partial charge in [-0.05, 0) is 101 Å². The number of nitrogens with zero attached hydrogens (tertiary/aromatic N) is 2. The molecule has 2 saturated carbocycles. The van der Waals surface area contributed by atoms with Gasteiger partial charge in [0.2, 0.25) is 0 Å². The first-order chi connectivity index (χ1) is 20.5. The van der Waals surface area contributed by atoms with Crippen molar-refractivity contribution < 1.29 is 9.59 Å². The fourth-order valence-electron chi connectivity index (χ4n) is 5.65. The van der Waals surface area contributed by atoms with Gasteiger partial charge in [0.1, 0.15) is 5.70 Å². The molecule has 0 spiro atoms. The number of Topliss-reactive ketones (excluding diaryl/α,β-unsaturated/α-hetero) is 1. The zero-order valence-electron chi connectivity index (χ0n) is 29.4. The maximum Gasteiger partial charge on any atom is 0.270 e. The minimum Gasteiger partial charge on any atom is -0.394 e. The molecule has 2 aliphatic carbocycles. The van der Waals surface area contributed by atoms with Gasteiger partial charge in [-0.2, -0.15) is 0 Å². The Bertz CT molecular complexity index is 1010. The molecule has 1 amide bonds. The molecule has 0 radical (unpaired) electrons. The lowest BCUT2D eigenvalue weighted by Gasteiger charge is -2.45. The van der Waals surface area contributed by atoms with Crippen molar-refractivity contribution in [1.82, 2.24) is 4.90 Å². The molecule has 1 aromatic rings. The molecule has 4 aliphatic rings. The molecule has 5 rings (SSSR count). The third-order valence-electron chi connectivity index (χ3n) is 9.33. The van der Waals surface area contributed by atoms with Gasteiger partial charge >= 0.3 is 0 Å². The molecule has 2 saturated heterocycles. The van der Waals surface area contributed by atoms with E-state index in [0.29, 0.717) is 17.7 Å². The van der Waals surface area contributed by atoms with Gasteiger partial charge in [0.05, 0.1) is 6.54 Å². The third-order valence-corrected chi connectivity index (χ3v) is 9.33. The quantitative estimate of drug-likeness (QED) is 0.304. The summed E-state index contributed by atoms with van der Waals surface area (Å²) in [6, 6.07) is 6.75. The number of piperidine rings is 2. The monoisotopic (exact) mass is 596 g/mol. The van der Waals surface area contributed by atoms with Gasteiger partial charge in [0.15, 0.2) is 5.78 Å². The Kier molecular flexibility index (Phi) is 19.1. The Morgan fingerprint density at radius 1 is 0.953 bits per heavy atom. The summed E-state index contributed by atoms with van der Waals surface area (Å²) in [4.78, 5) is 30.2. The highest BCUT2D eigenvalue weighted by Gasteiger charge is 2.37. The minimum atomic E-state index is -0.0122. The Hall–Kier alpha value is -2.43. The van der Waals surface area contributed by atoms with Crippen LogP contribution in [0.1, 0.15) is 142 Å². The lowest BCUT2D eigenvalue weighted by molar-refractivity contribution is -0.134. The number of carbonyl (C=O) groups is 2. The first-order valence-electron chi connectivity index (χ1n) is 17.4. The first kappa shape index (κ1) is 38.6. The van der Waals surface area contributed by atoms with Crippen LogP contribution in [0.25, 0.3) is 0 Å². The Balaban J connectivity index is 0.000000362. The van der Waals surface area contributed by atoms with Gasteiger partial charge in [-0.3, -0.25) is 14.6 Å². The van der Waals surface area contributed by atoms with Crippen molar-refractivity contribution in [3.05, 3.63) is 46.2 Å². The van der Waals surface area contributed by atoms with E-state index in [2.05, 4.69) is 78.6 Å². The van der Waals surface area contributed by atoms with Crippen molar-refractivity contribution >= 4 is 17.4 Å². The molecule has 244 valence electrons. The molecule has 2 heterocycles. The number of allylic oxidation sites excluding steroid dienone is 1. The summed E-state index contributed by atoms with van der Waals surface area (Å²) in [5, 5.41) is 0. The van der Waals surface area contributed by atoms with E-state index in [1.807, 2.05) is 4.90 Å². The fraction of sp³-hybridized carbons (Fsp3) is 0.711. The van der Waals surface area contributed by atoms with Crippen LogP contribution in [0, 0.1) is 32.6 Å².